The van der Waals surface area contributed by atoms with Crippen molar-refractivity contribution < 1.29 is 6.85 Å². The standard InChI is InChI=1S/C50H34N2S/c1-50(2)42-18-10-9-17-36(42)41-28-34(43-19-11-12-26-51-43)27-40(48(41)50)33-21-23-39-45(29-33)52(35-15-7-4-8-16-35)44-25-24-38-37-22-20-32(31-13-5-3-6-14-31)30-46(37)53-49(38)47(39)44/h3-30H,1-2H3/i3D,5D,6D,13D,14D. The molecule has 0 amide bonds. The molecule has 0 spiro atoms. The molecule has 10 aromatic rings. The first-order chi connectivity index (χ1) is 28.1. The van der Waals surface area contributed by atoms with Crippen molar-refractivity contribution in [2.45, 2.75) is 19.3 Å². The Balaban J connectivity index is 1.18. The van der Waals surface area contributed by atoms with Crippen molar-refractivity contribution in [3.8, 4) is 50.3 Å². The maximum absolute atomic E-state index is 8.63. The Morgan fingerprint density at radius 3 is 2.19 bits per heavy atom. The topological polar surface area (TPSA) is 17.8 Å². The number of aromatic nitrogens is 2. The first kappa shape index (κ1) is 25.6. The lowest BCUT2D eigenvalue weighted by molar-refractivity contribution is 0.662. The molecule has 3 heterocycles. The minimum atomic E-state index is -0.388. The van der Waals surface area contributed by atoms with Gasteiger partial charge >= 0.3 is 0 Å². The minimum Gasteiger partial charge on any atom is -0.309 e. The molecule has 11 rings (SSSR count). The van der Waals surface area contributed by atoms with E-state index in [2.05, 4.69) is 115 Å². The van der Waals surface area contributed by atoms with Crippen LogP contribution in [-0.2, 0) is 5.41 Å². The lowest BCUT2D eigenvalue weighted by Crippen LogP contribution is -2.16. The first-order valence-electron chi connectivity index (χ1n) is 20.4. The van der Waals surface area contributed by atoms with E-state index in [1.165, 1.54) is 27.8 Å². The summed E-state index contributed by atoms with van der Waals surface area (Å²) in [6.45, 7) is 4.67. The van der Waals surface area contributed by atoms with Crippen LogP contribution in [0.3, 0.4) is 0 Å². The number of hydrogen-bond acceptors (Lipinski definition) is 2. The van der Waals surface area contributed by atoms with E-state index in [0.717, 1.165) is 64.5 Å². The molecule has 0 bridgehead atoms. The highest BCUT2D eigenvalue weighted by Crippen LogP contribution is 2.54. The van der Waals surface area contributed by atoms with Crippen LogP contribution in [0.2, 0.25) is 0 Å². The van der Waals surface area contributed by atoms with Crippen LogP contribution in [0.5, 0.6) is 0 Å². The summed E-state index contributed by atoms with van der Waals surface area (Å²) in [6.07, 6.45) is 1.86. The van der Waals surface area contributed by atoms with E-state index in [4.69, 9.17) is 11.8 Å². The second-order valence-corrected chi connectivity index (χ2v) is 15.4. The number of fused-ring (bicyclic) bond motifs is 10. The number of rotatable bonds is 4. The third-order valence-electron chi connectivity index (χ3n) is 11.1. The monoisotopic (exact) mass is 699 g/mol. The second kappa shape index (κ2) is 11.4. The van der Waals surface area contributed by atoms with E-state index in [1.54, 1.807) is 11.3 Å². The highest BCUT2D eigenvalue weighted by atomic mass is 32.1. The van der Waals surface area contributed by atoms with Crippen LogP contribution in [0.25, 0.3) is 92.3 Å². The molecule has 1 aliphatic rings. The third-order valence-corrected chi connectivity index (χ3v) is 12.3. The lowest BCUT2D eigenvalue weighted by Gasteiger charge is -2.25. The first-order valence-corrected chi connectivity index (χ1v) is 18.7. The number of nitrogens with zero attached hydrogens (tertiary/aromatic N) is 2. The summed E-state index contributed by atoms with van der Waals surface area (Å²) in [5.74, 6) is 0. The van der Waals surface area contributed by atoms with Crippen LogP contribution in [0.15, 0.2) is 170 Å². The summed E-state index contributed by atoms with van der Waals surface area (Å²) in [5.41, 5.74) is 13.4. The highest BCUT2D eigenvalue weighted by Gasteiger charge is 2.38. The molecule has 0 atom stereocenters. The zero-order chi connectivity index (χ0) is 39.6. The SMILES string of the molecule is [2H]c1c([2H])c([2H])c(-c2ccc3c(c2)sc2c3ccc3c2c2ccc(-c4cc(-c5ccccn5)cc5c4C(C)(C)c4ccccc4-5)cc2n3-c2ccccc2)c([2H])c1[2H]. The fraction of sp³-hybridized carbons (Fsp3) is 0.0600. The van der Waals surface area contributed by atoms with Crippen molar-refractivity contribution in [1.82, 2.24) is 9.55 Å². The predicted octanol–water partition coefficient (Wildman–Crippen LogP) is 13.9. The van der Waals surface area contributed by atoms with Crippen molar-refractivity contribution in [1.29, 1.82) is 0 Å². The summed E-state index contributed by atoms with van der Waals surface area (Å²) in [5, 5.41) is 4.50. The molecule has 53 heavy (non-hydrogen) atoms. The molecule has 7 aromatic carbocycles. The van der Waals surface area contributed by atoms with Gasteiger partial charge in [0.25, 0.3) is 0 Å². The van der Waals surface area contributed by atoms with Crippen molar-refractivity contribution in [2.24, 2.45) is 0 Å². The minimum absolute atomic E-state index is 0.195. The number of thiophene rings is 1. The number of pyridine rings is 1. The number of benzene rings is 7. The van der Waals surface area contributed by atoms with E-state index < -0.39 is 0 Å². The van der Waals surface area contributed by atoms with Crippen LogP contribution < -0.4 is 0 Å². The van der Waals surface area contributed by atoms with Crippen LogP contribution in [0.1, 0.15) is 31.8 Å². The third kappa shape index (κ3) is 4.47. The molecule has 0 N–H and O–H groups in total. The Morgan fingerprint density at radius 1 is 0.585 bits per heavy atom. The Labute approximate surface area is 319 Å². The van der Waals surface area contributed by atoms with Crippen molar-refractivity contribution in [3.05, 3.63) is 181 Å². The fourth-order valence-electron chi connectivity index (χ4n) is 8.74. The van der Waals surface area contributed by atoms with Crippen LogP contribution in [0.4, 0.5) is 0 Å². The zero-order valence-electron chi connectivity index (χ0n) is 34.1. The molecule has 3 aromatic heterocycles. The Morgan fingerprint density at radius 2 is 1.34 bits per heavy atom. The van der Waals surface area contributed by atoms with E-state index in [9.17, 15) is 0 Å². The Kier molecular flexibility index (Phi) is 5.49. The van der Waals surface area contributed by atoms with Gasteiger partial charge in [0.15, 0.2) is 0 Å². The summed E-state index contributed by atoms with van der Waals surface area (Å²) >= 11 is 1.68. The lowest BCUT2D eigenvalue weighted by atomic mass is 9.78. The number of para-hydroxylation sites is 1. The van der Waals surface area contributed by atoms with Gasteiger partial charge in [0, 0.05) is 53.8 Å². The van der Waals surface area contributed by atoms with Crippen molar-refractivity contribution >= 4 is 53.3 Å². The van der Waals surface area contributed by atoms with Crippen LogP contribution >= 0.6 is 11.3 Å². The maximum atomic E-state index is 8.63. The van der Waals surface area contributed by atoms with Gasteiger partial charge < -0.3 is 4.57 Å². The van der Waals surface area contributed by atoms with Gasteiger partial charge in [-0.25, -0.2) is 0 Å². The Bertz CT molecular complexity index is 3340. The van der Waals surface area contributed by atoms with Gasteiger partial charge in [-0.2, -0.15) is 0 Å². The molecule has 3 heteroatoms. The summed E-state index contributed by atoms with van der Waals surface area (Å²) in [7, 11) is 0. The maximum Gasteiger partial charge on any atom is 0.0702 e. The zero-order valence-corrected chi connectivity index (χ0v) is 29.9. The van der Waals surface area contributed by atoms with Gasteiger partial charge in [-0.15, -0.1) is 11.3 Å². The highest BCUT2D eigenvalue weighted by molar-refractivity contribution is 7.26. The fourth-order valence-corrected chi connectivity index (χ4v) is 10.0. The van der Waals surface area contributed by atoms with Gasteiger partial charge in [-0.3, -0.25) is 4.98 Å². The molecule has 0 unspecified atom stereocenters. The molecule has 1 aliphatic carbocycles. The molecular weight excluding hydrogens is 661 g/mol. The quantitative estimate of drug-likeness (QED) is 0.179. The van der Waals surface area contributed by atoms with Gasteiger partial charge in [0.1, 0.15) is 0 Å². The molecule has 0 fully saturated rings. The van der Waals surface area contributed by atoms with Gasteiger partial charge in [-0.1, -0.05) is 123 Å². The molecule has 250 valence electrons. The van der Waals surface area contributed by atoms with Crippen molar-refractivity contribution in [2.75, 3.05) is 0 Å². The summed E-state index contributed by atoms with van der Waals surface area (Å²) in [4.78, 5) is 4.78. The molecule has 0 saturated heterocycles. The largest absolute Gasteiger partial charge is 0.309 e. The van der Waals surface area contributed by atoms with E-state index in [0.29, 0.717) is 5.56 Å². The average molecular weight is 700 g/mol. The molecule has 0 saturated carbocycles. The second-order valence-electron chi connectivity index (χ2n) is 14.4. The normalized spacial score (nSPS) is 14.6. The molecule has 0 aliphatic heterocycles. The molecular formula is C50H34N2S. The van der Waals surface area contributed by atoms with E-state index in [1.807, 2.05) is 42.6 Å². The van der Waals surface area contributed by atoms with E-state index >= 15 is 0 Å². The van der Waals surface area contributed by atoms with Gasteiger partial charge in [0.2, 0.25) is 0 Å². The van der Waals surface area contributed by atoms with Gasteiger partial charge in [0.05, 0.1) is 23.6 Å². The summed E-state index contributed by atoms with van der Waals surface area (Å²) < 4.78 is 46.4. The molecule has 0 radical (unpaired) electrons. The Hall–Kier alpha value is -6.29. The van der Waals surface area contributed by atoms with E-state index in [-0.39, 0.29) is 41.2 Å². The van der Waals surface area contributed by atoms with Crippen molar-refractivity contribution in [3.63, 3.8) is 0 Å². The van der Waals surface area contributed by atoms with Crippen LogP contribution in [0, 0.1) is 0 Å². The predicted molar refractivity (Wildman–Crippen MR) is 225 cm³/mol. The smallest absolute Gasteiger partial charge is 0.0702 e. The van der Waals surface area contributed by atoms with Gasteiger partial charge in [-0.05, 0) is 99.1 Å². The number of hydrogen-bond donors (Lipinski definition) is 0. The summed E-state index contributed by atoms with van der Waals surface area (Å²) in [6, 6.07) is 45.8. The molecule has 2 nitrogen and oxygen atoms in total. The van der Waals surface area contributed by atoms with Crippen LogP contribution in [-0.4, -0.2) is 9.55 Å². The average Bonchev–Trinajstić information content (AvgIpc) is 3.87.